The van der Waals surface area contributed by atoms with Gasteiger partial charge in [-0.25, -0.2) is 13.2 Å². The van der Waals surface area contributed by atoms with Gasteiger partial charge in [0.25, 0.3) is 0 Å². The van der Waals surface area contributed by atoms with Crippen molar-refractivity contribution in [2.45, 2.75) is 30.7 Å². The van der Waals surface area contributed by atoms with Crippen molar-refractivity contribution in [3.05, 3.63) is 36.9 Å². The molecule has 110 valence electrons. The van der Waals surface area contributed by atoms with Crippen molar-refractivity contribution in [1.82, 2.24) is 0 Å². The van der Waals surface area contributed by atoms with Crippen molar-refractivity contribution in [2.75, 3.05) is 11.1 Å². The van der Waals surface area contributed by atoms with Crippen molar-refractivity contribution in [3.8, 4) is 0 Å². The Bertz CT molecular complexity index is 581. The first-order valence-electron chi connectivity index (χ1n) is 6.34. The Balaban J connectivity index is 3.13. The summed E-state index contributed by atoms with van der Waals surface area (Å²) in [6.07, 6.45) is 2.19. The number of hydrogen-bond donors (Lipinski definition) is 2. The second-order valence-electron chi connectivity index (χ2n) is 4.37. The molecule has 0 saturated heterocycles. The Morgan fingerprint density at radius 2 is 2.10 bits per heavy atom. The maximum Gasteiger partial charge on any atom is 0.326 e. The van der Waals surface area contributed by atoms with Crippen molar-refractivity contribution in [2.24, 2.45) is 0 Å². The lowest BCUT2D eigenvalue weighted by Crippen LogP contribution is -2.29. The van der Waals surface area contributed by atoms with Gasteiger partial charge in [-0.05, 0) is 25.0 Å². The van der Waals surface area contributed by atoms with Gasteiger partial charge in [-0.2, -0.15) is 0 Å². The van der Waals surface area contributed by atoms with Crippen LogP contribution in [-0.4, -0.2) is 31.3 Å². The van der Waals surface area contributed by atoms with Crippen LogP contribution in [-0.2, 0) is 14.6 Å². The number of hydrogen-bond acceptors (Lipinski definition) is 4. The van der Waals surface area contributed by atoms with E-state index < -0.39 is 21.8 Å². The highest BCUT2D eigenvalue weighted by Crippen LogP contribution is 2.23. The number of para-hydroxylation sites is 1. The Hall–Kier alpha value is -1.82. The summed E-state index contributed by atoms with van der Waals surface area (Å²) in [7, 11) is -3.41. The predicted octanol–water partition coefficient (Wildman–Crippen LogP) is 2.31. The molecule has 1 atom stereocenters. The first-order chi connectivity index (χ1) is 9.42. The van der Waals surface area contributed by atoms with Gasteiger partial charge in [0.1, 0.15) is 6.04 Å². The first kappa shape index (κ1) is 16.2. The van der Waals surface area contributed by atoms with E-state index in [-0.39, 0.29) is 17.1 Å². The van der Waals surface area contributed by atoms with E-state index in [4.69, 9.17) is 5.11 Å². The zero-order valence-electron chi connectivity index (χ0n) is 11.4. The van der Waals surface area contributed by atoms with Crippen molar-refractivity contribution >= 4 is 21.5 Å². The number of carboxylic acids is 1. The molecule has 0 radical (unpaired) electrons. The summed E-state index contributed by atoms with van der Waals surface area (Å²) in [4.78, 5) is 11.3. The molecule has 1 aromatic carbocycles. The van der Waals surface area contributed by atoms with Crippen molar-refractivity contribution in [3.63, 3.8) is 0 Å². The quantitative estimate of drug-likeness (QED) is 0.719. The number of carbonyl (C=O) groups is 1. The smallest absolute Gasteiger partial charge is 0.326 e. The molecule has 0 aliphatic heterocycles. The molecule has 0 heterocycles. The van der Waals surface area contributed by atoms with Crippen LogP contribution in [0.2, 0.25) is 0 Å². The van der Waals surface area contributed by atoms with Crippen LogP contribution >= 0.6 is 0 Å². The Morgan fingerprint density at radius 1 is 1.45 bits per heavy atom. The van der Waals surface area contributed by atoms with Crippen LogP contribution in [0.15, 0.2) is 41.8 Å². The lowest BCUT2D eigenvalue weighted by molar-refractivity contribution is -0.137. The molecule has 0 saturated carbocycles. The lowest BCUT2D eigenvalue weighted by Gasteiger charge is -2.17. The maximum absolute atomic E-state index is 12.2. The van der Waals surface area contributed by atoms with E-state index in [0.717, 1.165) is 0 Å². The molecular weight excluding hydrogens is 278 g/mol. The minimum atomic E-state index is -3.41. The highest BCUT2D eigenvalue weighted by Gasteiger charge is 2.21. The van der Waals surface area contributed by atoms with E-state index in [2.05, 4.69) is 11.9 Å². The molecular formula is C14H19NO4S. The summed E-state index contributed by atoms with van der Waals surface area (Å²) in [6.45, 7) is 5.29. The van der Waals surface area contributed by atoms with Gasteiger partial charge in [0.05, 0.1) is 16.3 Å². The van der Waals surface area contributed by atoms with E-state index in [1.54, 1.807) is 25.1 Å². The molecule has 0 aromatic heterocycles. The second kappa shape index (κ2) is 7.09. The monoisotopic (exact) mass is 297 g/mol. The molecule has 1 rings (SSSR count). The number of aliphatic carboxylic acids is 1. The Morgan fingerprint density at radius 3 is 2.65 bits per heavy atom. The normalized spacial score (nSPS) is 12.7. The minimum Gasteiger partial charge on any atom is -0.480 e. The van der Waals surface area contributed by atoms with Crippen LogP contribution in [0.3, 0.4) is 0 Å². The molecule has 6 heteroatoms. The number of nitrogens with one attached hydrogen (secondary N) is 1. The van der Waals surface area contributed by atoms with Crippen LogP contribution in [0.5, 0.6) is 0 Å². The molecule has 0 fully saturated rings. The largest absolute Gasteiger partial charge is 0.480 e. The SMILES string of the molecule is C=CCC(Nc1ccccc1S(=O)(=O)CCC)C(=O)O. The highest BCUT2D eigenvalue weighted by molar-refractivity contribution is 7.91. The van der Waals surface area contributed by atoms with Gasteiger partial charge < -0.3 is 10.4 Å². The fourth-order valence-corrected chi connectivity index (χ4v) is 3.32. The highest BCUT2D eigenvalue weighted by atomic mass is 32.2. The zero-order valence-corrected chi connectivity index (χ0v) is 12.2. The Kier molecular flexibility index (Phi) is 5.76. The second-order valence-corrected chi connectivity index (χ2v) is 6.45. The predicted molar refractivity (Wildman–Crippen MR) is 78.6 cm³/mol. The van der Waals surface area contributed by atoms with Crippen LogP contribution in [0.25, 0.3) is 0 Å². The van der Waals surface area contributed by atoms with Gasteiger partial charge in [-0.15, -0.1) is 6.58 Å². The molecule has 1 unspecified atom stereocenters. The summed E-state index contributed by atoms with van der Waals surface area (Å²) < 4.78 is 24.3. The fraction of sp³-hybridized carbons (Fsp3) is 0.357. The summed E-state index contributed by atoms with van der Waals surface area (Å²) in [5.74, 6) is -1.02. The summed E-state index contributed by atoms with van der Waals surface area (Å²) in [5, 5.41) is 11.9. The molecule has 2 N–H and O–H groups in total. The summed E-state index contributed by atoms with van der Waals surface area (Å²) in [6, 6.07) is 5.45. The number of benzene rings is 1. The van der Waals surface area contributed by atoms with Crippen molar-refractivity contribution < 1.29 is 18.3 Å². The third kappa shape index (κ3) is 4.09. The van der Waals surface area contributed by atoms with E-state index in [1.807, 2.05) is 0 Å². The molecule has 0 amide bonds. The van der Waals surface area contributed by atoms with Crippen LogP contribution < -0.4 is 5.32 Å². The van der Waals surface area contributed by atoms with Gasteiger partial charge in [-0.1, -0.05) is 25.1 Å². The number of anilines is 1. The molecule has 0 aliphatic rings. The van der Waals surface area contributed by atoms with Gasteiger partial charge in [0.15, 0.2) is 9.84 Å². The summed E-state index contributed by atoms with van der Waals surface area (Å²) in [5.41, 5.74) is 0.315. The maximum atomic E-state index is 12.2. The molecule has 5 nitrogen and oxygen atoms in total. The van der Waals surface area contributed by atoms with Crippen LogP contribution in [0, 0.1) is 0 Å². The molecule has 0 spiro atoms. The van der Waals surface area contributed by atoms with Crippen LogP contribution in [0.1, 0.15) is 19.8 Å². The van der Waals surface area contributed by atoms with E-state index in [1.165, 1.54) is 12.1 Å². The van der Waals surface area contributed by atoms with E-state index in [9.17, 15) is 13.2 Å². The first-order valence-corrected chi connectivity index (χ1v) is 7.99. The third-order valence-corrected chi connectivity index (χ3v) is 4.70. The summed E-state index contributed by atoms with van der Waals surface area (Å²) >= 11 is 0. The van der Waals surface area contributed by atoms with E-state index in [0.29, 0.717) is 12.1 Å². The third-order valence-electron chi connectivity index (χ3n) is 2.73. The average molecular weight is 297 g/mol. The number of rotatable bonds is 8. The van der Waals surface area contributed by atoms with Crippen molar-refractivity contribution in [1.29, 1.82) is 0 Å². The van der Waals surface area contributed by atoms with Gasteiger partial charge in [-0.3, -0.25) is 0 Å². The van der Waals surface area contributed by atoms with Gasteiger partial charge >= 0.3 is 5.97 Å². The molecule has 20 heavy (non-hydrogen) atoms. The van der Waals surface area contributed by atoms with Gasteiger partial charge in [0.2, 0.25) is 0 Å². The minimum absolute atomic E-state index is 0.0326. The number of sulfone groups is 1. The van der Waals surface area contributed by atoms with E-state index >= 15 is 0 Å². The topological polar surface area (TPSA) is 83.5 Å². The van der Waals surface area contributed by atoms with Gasteiger partial charge in [0, 0.05) is 0 Å². The molecule has 1 aromatic rings. The number of carboxylic acid groups (broad SMARTS) is 1. The average Bonchev–Trinajstić information content (AvgIpc) is 2.38. The fourth-order valence-electron chi connectivity index (χ4n) is 1.81. The lowest BCUT2D eigenvalue weighted by atomic mass is 10.2. The zero-order chi connectivity index (χ0) is 15.2. The van der Waals surface area contributed by atoms with Crippen LogP contribution in [0.4, 0.5) is 5.69 Å². The standard InChI is InChI=1S/C14H19NO4S/c1-3-7-12(14(16)17)15-11-8-5-6-9-13(11)20(18,19)10-4-2/h3,5-6,8-9,12,15H,1,4,7,10H2,2H3,(H,16,17). The molecule has 0 aliphatic carbocycles. The Labute approximate surface area is 119 Å². The molecule has 0 bridgehead atoms.